The van der Waals surface area contributed by atoms with Gasteiger partial charge in [-0.05, 0) is 53.8 Å². The van der Waals surface area contributed by atoms with E-state index in [4.69, 9.17) is 11.6 Å². The van der Waals surface area contributed by atoms with Crippen molar-refractivity contribution in [3.8, 4) is 0 Å². The second-order valence-corrected chi connectivity index (χ2v) is 12.2. The highest BCUT2D eigenvalue weighted by molar-refractivity contribution is 7.92. The van der Waals surface area contributed by atoms with Gasteiger partial charge in [0.2, 0.25) is 20.0 Å². The van der Waals surface area contributed by atoms with Crippen LogP contribution in [-0.4, -0.2) is 34.2 Å². The maximum atomic E-state index is 13.0. The molecular formula is C21H29ClN2O4S2. The lowest BCUT2D eigenvalue weighted by Crippen LogP contribution is -2.37. The van der Waals surface area contributed by atoms with Gasteiger partial charge in [-0.1, -0.05) is 51.4 Å². The zero-order chi connectivity index (χ0) is 22.5. The molecule has 0 unspecified atom stereocenters. The summed E-state index contributed by atoms with van der Waals surface area (Å²) < 4.78 is 54.9. The Balaban J connectivity index is 2.17. The number of hydrogen-bond donors (Lipinski definition) is 1. The molecule has 0 aromatic heterocycles. The zero-order valence-corrected chi connectivity index (χ0v) is 20.1. The molecule has 0 heterocycles. The molecule has 0 aliphatic heterocycles. The van der Waals surface area contributed by atoms with Gasteiger partial charge in [0, 0.05) is 23.8 Å². The summed E-state index contributed by atoms with van der Waals surface area (Å²) in [5.41, 5.74) is 0.909. The third kappa shape index (κ3) is 7.27. The first-order valence-corrected chi connectivity index (χ1v) is 13.2. The summed E-state index contributed by atoms with van der Waals surface area (Å²) in [4.78, 5) is 0.143. The molecule has 0 amide bonds. The van der Waals surface area contributed by atoms with Crippen LogP contribution in [0, 0.1) is 11.8 Å². The number of benzene rings is 2. The van der Waals surface area contributed by atoms with Crippen LogP contribution in [-0.2, 0) is 25.8 Å². The highest BCUT2D eigenvalue weighted by atomic mass is 35.5. The molecule has 0 saturated carbocycles. The molecule has 2 aromatic carbocycles. The van der Waals surface area contributed by atoms with Gasteiger partial charge in [-0.3, -0.25) is 4.72 Å². The van der Waals surface area contributed by atoms with E-state index in [-0.39, 0.29) is 22.5 Å². The van der Waals surface area contributed by atoms with E-state index in [9.17, 15) is 16.8 Å². The topological polar surface area (TPSA) is 83.6 Å². The first-order chi connectivity index (χ1) is 13.9. The monoisotopic (exact) mass is 472 g/mol. The van der Waals surface area contributed by atoms with E-state index in [1.807, 2.05) is 27.7 Å². The predicted molar refractivity (Wildman–Crippen MR) is 123 cm³/mol. The van der Waals surface area contributed by atoms with Crippen LogP contribution >= 0.6 is 11.6 Å². The Morgan fingerprint density at radius 1 is 0.833 bits per heavy atom. The minimum Gasteiger partial charge on any atom is -0.283 e. The van der Waals surface area contributed by atoms with Crippen molar-refractivity contribution in [2.24, 2.45) is 11.8 Å². The molecule has 166 valence electrons. The van der Waals surface area contributed by atoms with Crippen molar-refractivity contribution in [3.05, 3.63) is 59.1 Å². The van der Waals surface area contributed by atoms with Crippen molar-refractivity contribution >= 4 is 37.3 Å². The summed E-state index contributed by atoms with van der Waals surface area (Å²) >= 11 is 5.82. The van der Waals surface area contributed by atoms with Gasteiger partial charge in [-0.15, -0.1) is 0 Å². The third-order valence-electron chi connectivity index (χ3n) is 4.17. The Bertz CT molecular complexity index is 1020. The molecule has 0 aliphatic carbocycles. The average Bonchev–Trinajstić information content (AvgIpc) is 2.62. The molecule has 30 heavy (non-hydrogen) atoms. The van der Waals surface area contributed by atoms with Crippen molar-refractivity contribution in [1.82, 2.24) is 4.31 Å². The summed E-state index contributed by atoms with van der Waals surface area (Å²) in [7, 11) is -7.31. The molecule has 0 fully saturated rings. The first kappa shape index (κ1) is 24.7. The van der Waals surface area contributed by atoms with Crippen LogP contribution in [0.25, 0.3) is 0 Å². The molecule has 0 bridgehead atoms. The SMILES string of the molecule is CC(C)CN(CC(C)C)S(=O)(=O)c1ccc(NS(=O)(=O)Cc2ccc(Cl)cc2)cc1. The fourth-order valence-corrected chi connectivity index (χ4v) is 6.04. The zero-order valence-electron chi connectivity index (χ0n) is 17.7. The van der Waals surface area contributed by atoms with Gasteiger partial charge in [0.05, 0.1) is 10.6 Å². The maximum absolute atomic E-state index is 13.0. The number of sulfonamides is 2. The van der Waals surface area contributed by atoms with Gasteiger partial charge < -0.3 is 0 Å². The molecule has 2 rings (SSSR count). The summed E-state index contributed by atoms with van der Waals surface area (Å²) in [6, 6.07) is 12.4. The molecule has 0 spiro atoms. The van der Waals surface area contributed by atoms with Crippen molar-refractivity contribution in [2.75, 3.05) is 17.8 Å². The molecule has 0 radical (unpaired) electrons. The van der Waals surface area contributed by atoms with Crippen LogP contribution in [0.5, 0.6) is 0 Å². The van der Waals surface area contributed by atoms with E-state index < -0.39 is 20.0 Å². The number of hydrogen-bond acceptors (Lipinski definition) is 4. The number of nitrogens with one attached hydrogen (secondary N) is 1. The van der Waals surface area contributed by atoms with Crippen LogP contribution in [0.1, 0.15) is 33.3 Å². The second-order valence-electron chi connectivity index (χ2n) is 8.12. The van der Waals surface area contributed by atoms with E-state index in [1.54, 1.807) is 24.3 Å². The lowest BCUT2D eigenvalue weighted by Gasteiger charge is -2.25. The maximum Gasteiger partial charge on any atom is 0.243 e. The molecule has 0 atom stereocenters. The largest absolute Gasteiger partial charge is 0.283 e. The lowest BCUT2D eigenvalue weighted by atomic mass is 10.2. The molecule has 6 nitrogen and oxygen atoms in total. The Kier molecular flexibility index (Phi) is 8.33. The predicted octanol–water partition coefficient (Wildman–Crippen LogP) is 4.58. The smallest absolute Gasteiger partial charge is 0.243 e. The summed E-state index contributed by atoms with van der Waals surface area (Å²) in [5.74, 6) is 0.177. The highest BCUT2D eigenvalue weighted by Gasteiger charge is 2.26. The Hall–Kier alpha value is -1.61. The molecule has 2 aromatic rings. The van der Waals surface area contributed by atoms with E-state index in [0.717, 1.165) is 0 Å². The summed E-state index contributed by atoms with van der Waals surface area (Å²) in [5, 5.41) is 0.532. The molecular weight excluding hydrogens is 444 g/mol. The van der Waals surface area contributed by atoms with Crippen LogP contribution in [0.3, 0.4) is 0 Å². The van der Waals surface area contributed by atoms with Crippen LogP contribution in [0.4, 0.5) is 5.69 Å². The second kappa shape index (κ2) is 10.1. The van der Waals surface area contributed by atoms with Crippen molar-refractivity contribution in [3.63, 3.8) is 0 Å². The average molecular weight is 473 g/mol. The van der Waals surface area contributed by atoms with Crippen molar-refractivity contribution in [1.29, 1.82) is 0 Å². The van der Waals surface area contributed by atoms with Crippen LogP contribution in [0.2, 0.25) is 5.02 Å². The van der Waals surface area contributed by atoms with Crippen molar-refractivity contribution in [2.45, 2.75) is 38.3 Å². The van der Waals surface area contributed by atoms with Gasteiger partial charge in [-0.2, -0.15) is 4.31 Å². The Labute approximate surface area is 185 Å². The fraction of sp³-hybridized carbons (Fsp3) is 0.429. The Morgan fingerprint density at radius 2 is 1.33 bits per heavy atom. The number of anilines is 1. The normalized spacial score (nSPS) is 12.7. The van der Waals surface area contributed by atoms with Crippen LogP contribution in [0.15, 0.2) is 53.4 Å². The minimum atomic E-state index is -3.66. The molecule has 1 N–H and O–H groups in total. The van der Waals surface area contributed by atoms with Gasteiger partial charge in [0.1, 0.15) is 0 Å². The number of nitrogens with zero attached hydrogens (tertiary/aromatic N) is 1. The standard InChI is InChI=1S/C21H29ClN2O4S2/c1-16(2)13-24(14-17(3)4)30(27,28)21-11-9-20(10-12-21)23-29(25,26)15-18-5-7-19(22)8-6-18/h5-12,16-17,23H,13-15H2,1-4H3. The van der Waals surface area contributed by atoms with E-state index in [1.165, 1.54) is 28.6 Å². The Morgan fingerprint density at radius 3 is 1.80 bits per heavy atom. The summed E-state index contributed by atoms with van der Waals surface area (Å²) in [6.07, 6.45) is 0. The lowest BCUT2D eigenvalue weighted by molar-refractivity contribution is 0.333. The first-order valence-electron chi connectivity index (χ1n) is 9.74. The number of rotatable bonds is 10. The van der Waals surface area contributed by atoms with Gasteiger partial charge in [0.15, 0.2) is 0 Å². The third-order valence-corrected chi connectivity index (χ3v) is 7.53. The van der Waals surface area contributed by atoms with E-state index in [2.05, 4.69) is 4.72 Å². The molecule has 0 saturated heterocycles. The molecule has 9 heteroatoms. The number of halogens is 1. The summed E-state index contributed by atoms with van der Waals surface area (Å²) in [6.45, 7) is 8.75. The van der Waals surface area contributed by atoms with Crippen molar-refractivity contribution < 1.29 is 16.8 Å². The minimum absolute atomic E-state index is 0.143. The fourth-order valence-electron chi connectivity index (χ4n) is 2.95. The molecule has 0 aliphatic rings. The van der Waals surface area contributed by atoms with E-state index >= 15 is 0 Å². The van der Waals surface area contributed by atoms with Crippen LogP contribution < -0.4 is 4.72 Å². The van der Waals surface area contributed by atoms with Gasteiger partial charge in [0.25, 0.3) is 0 Å². The van der Waals surface area contributed by atoms with Gasteiger partial charge in [-0.25, -0.2) is 16.8 Å². The quantitative estimate of drug-likeness (QED) is 0.548. The van der Waals surface area contributed by atoms with E-state index in [0.29, 0.717) is 29.4 Å². The highest BCUT2D eigenvalue weighted by Crippen LogP contribution is 2.22. The van der Waals surface area contributed by atoms with Gasteiger partial charge >= 0.3 is 0 Å².